The van der Waals surface area contributed by atoms with Gasteiger partial charge in [0, 0.05) is 16.7 Å². The SMILES string of the molecule is c1ccc(C2(c3ccccc3)c3ccccc3-c3cccc(-c4cccc(-c5ccc(-c6cc(-c7cccc8ccccc78)nc(-c7cccc8ccccc78)n6)c6ccccc56)c4)c32)cc1. The van der Waals surface area contributed by atoms with E-state index in [0.29, 0.717) is 5.82 Å². The third-order valence-corrected chi connectivity index (χ3v) is 14.0. The van der Waals surface area contributed by atoms with E-state index in [2.05, 4.69) is 255 Å². The summed E-state index contributed by atoms with van der Waals surface area (Å²) in [4.78, 5) is 10.8. The Morgan fingerprint density at radius 1 is 0.269 bits per heavy atom. The highest BCUT2D eigenvalue weighted by molar-refractivity contribution is 6.06. The second kappa shape index (κ2) is 15.8. The topological polar surface area (TPSA) is 25.8 Å². The van der Waals surface area contributed by atoms with Crippen molar-refractivity contribution in [3.8, 4) is 67.3 Å². The number of benzene rings is 11. The lowest BCUT2D eigenvalue weighted by atomic mass is 9.66. The zero-order valence-electron chi connectivity index (χ0n) is 36.6. The standard InChI is InChI=1S/C65H42N2/c1-3-25-47(26-4-1)65(48-27-5-2-6-28-48)60-38-14-13-33-55(60)58-36-18-34-52(63(58)65)46-24-15-23-45(41-46)51-39-40-57(54-32-12-11-31-53(51)54)62-42-61(56-35-16-21-43-19-7-9-29-49(43)56)66-64(67-62)59-37-17-22-44-20-8-10-30-50(44)59/h1-42H. The van der Waals surface area contributed by atoms with Crippen LogP contribution < -0.4 is 0 Å². The summed E-state index contributed by atoms with van der Waals surface area (Å²) < 4.78 is 0. The van der Waals surface area contributed by atoms with Gasteiger partial charge in [-0.25, -0.2) is 9.97 Å². The van der Waals surface area contributed by atoms with E-state index >= 15 is 0 Å². The highest BCUT2D eigenvalue weighted by atomic mass is 14.9. The molecule has 67 heavy (non-hydrogen) atoms. The smallest absolute Gasteiger partial charge is 0.161 e. The number of hydrogen-bond donors (Lipinski definition) is 0. The number of rotatable bonds is 7. The quantitative estimate of drug-likeness (QED) is 0.160. The molecule has 0 spiro atoms. The number of aromatic nitrogens is 2. The first kappa shape index (κ1) is 38.7. The van der Waals surface area contributed by atoms with Gasteiger partial charge in [-0.1, -0.05) is 243 Å². The molecule has 1 heterocycles. The van der Waals surface area contributed by atoms with Crippen LogP contribution in [-0.4, -0.2) is 9.97 Å². The van der Waals surface area contributed by atoms with E-state index < -0.39 is 5.41 Å². The third kappa shape index (κ3) is 6.18. The van der Waals surface area contributed by atoms with Crippen LogP contribution in [0, 0.1) is 0 Å². The predicted molar refractivity (Wildman–Crippen MR) is 279 cm³/mol. The van der Waals surface area contributed by atoms with Gasteiger partial charge >= 0.3 is 0 Å². The van der Waals surface area contributed by atoms with Gasteiger partial charge in [0.1, 0.15) is 0 Å². The maximum atomic E-state index is 5.44. The van der Waals surface area contributed by atoms with E-state index in [1.54, 1.807) is 0 Å². The maximum absolute atomic E-state index is 5.44. The van der Waals surface area contributed by atoms with Crippen LogP contribution in [0.1, 0.15) is 22.3 Å². The summed E-state index contributed by atoms with van der Waals surface area (Å²) in [6, 6.07) is 92.6. The van der Waals surface area contributed by atoms with Gasteiger partial charge in [0.25, 0.3) is 0 Å². The molecule has 0 radical (unpaired) electrons. The summed E-state index contributed by atoms with van der Waals surface area (Å²) in [6.07, 6.45) is 0. The average Bonchev–Trinajstić information content (AvgIpc) is 3.72. The first-order valence-corrected chi connectivity index (χ1v) is 23.1. The zero-order valence-corrected chi connectivity index (χ0v) is 36.6. The Morgan fingerprint density at radius 2 is 0.701 bits per heavy atom. The monoisotopic (exact) mass is 850 g/mol. The van der Waals surface area contributed by atoms with Gasteiger partial charge in [0.15, 0.2) is 5.82 Å². The Labute approximate surface area is 390 Å². The van der Waals surface area contributed by atoms with Crippen molar-refractivity contribution >= 4 is 32.3 Å². The van der Waals surface area contributed by atoms with E-state index in [-0.39, 0.29) is 0 Å². The molecule has 0 atom stereocenters. The van der Waals surface area contributed by atoms with E-state index in [9.17, 15) is 0 Å². The lowest BCUT2D eigenvalue weighted by Crippen LogP contribution is -2.29. The fourth-order valence-corrected chi connectivity index (χ4v) is 11.1. The first-order chi connectivity index (χ1) is 33.2. The molecule has 312 valence electrons. The minimum absolute atomic E-state index is 0.511. The van der Waals surface area contributed by atoms with Crippen molar-refractivity contribution in [3.63, 3.8) is 0 Å². The highest BCUT2D eigenvalue weighted by Gasteiger charge is 2.47. The Morgan fingerprint density at radius 3 is 1.39 bits per heavy atom. The van der Waals surface area contributed by atoms with Crippen LogP contribution in [0.15, 0.2) is 255 Å². The van der Waals surface area contributed by atoms with Crippen LogP contribution in [-0.2, 0) is 5.41 Å². The van der Waals surface area contributed by atoms with E-state index in [4.69, 9.17) is 9.97 Å². The van der Waals surface area contributed by atoms with Gasteiger partial charge in [0.2, 0.25) is 0 Å². The average molecular weight is 851 g/mol. The molecule has 0 fully saturated rings. The molecule has 0 amide bonds. The van der Waals surface area contributed by atoms with Crippen LogP contribution in [0.2, 0.25) is 0 Å². The minimum Gasteiger partial charge on any atom is -0.228 e. The lowest BCUT2D eigenvalue weighted by Gasteiger charge is -2.35. The zero-order chi connectivity index (χ0) is 44.3. The predicted octanol–water partition coefficient (Wildman–Crippen LogP) is 16.6. The van der Waals surface area contributed by atoms with Gasteiger partial charge < -0.3 is 0 Å². The van der Waals surface area contributed by atoms with E-state index in [1.807, 2.05) is 0 Å². The molecule has 12 aromatic rings. The molecule has 11 aromatic carbocycles. The third-order valence-electron chi connectivity index (χ3n) is 14.0. The molecule has 0 aliphatic heterocycles. The summed E-state index contributed by atoms with van der Waals surface area (Å²) in [5, 5.41) is 6.94. The normalized spacial score (nSPS) is 12.6. The van der Waals surface area contributed by atoms with E-state index in [0.717, 1.165) is 55.2 Å². The van der Waals surface area contributed by atoms with Crippen LogP contribution in [0.25, 0.3) is 99.6 Å². The van der Waals surface area contributed by atoms with Gasteiger partial charge in [-0.3, -0.25) is 0 Å². The molecule has 0 N–H and O–H groups in total. The van der Waals surface area contributed by atoms with Crippen molar-refractivity contribution in [1.82, 2.24) is 9.97 Å². The van der Waals surface area contributed by atoms with Crippen LogP contribution in [0.5, 0.6) is 0 Å². The molecule has 0 bridgehead atoms. The van der Waals surface area contributed by atoms with Crippen LogP contribution in [0.3, 0.4) is 0 Å². The number of fused-ring (bicyclic) bond motifs is 6. The molecule has 0 unspecified atom stereocenters. The molecule has 2 nitrogen and oxygen atoms in total. The Balaban J connectivity index is 0.996. The van der Waals surface area contributed by atoms with E-state index in [1.165, 1.54) is 60.8 Å². The molecule has 1 aliphatic carbocycles. The molecule has 13 rings (SSSR count). The van der Waals surface area contributed by atoms with Gasteiger partial charge in [0.05, 0.1) is 16.8 Å². The molecule has 1 aromatic heterocycles. The van der Waals surface area contributed by atoms with Gasteiger partial charge in [-0.15, -0.1) is 0 Å². The lowest BCUT2D eigenvalue weighted by molar-refractivity contribution is 0.770. The molecular formula is C65H42N2. The Bertz CT molecular complexity index is 3720. The fourth-order valence-electron chi connectivity index (χ4n) is 11.1. The first-order valence-electron chi connectivity index (χ1n) is 23.1. The largest absolute Gasteiger partial charge is 0.228 e. The second-order valence-electron chi connectivity index (χ2n) is 17.6. The van der Waals surface area contributed by atoms with Gasteiger partial charge in [-0.05, 0) is 100 Å². The van der Waals surface area contributed by atoms with Crippen molar-refractivity contribution in [2.24, 2.45) is 0 Å². The van der Waals surface area contributed by atoms with Crippen molar-refractivity contribution in [2.45, 2.75) is 5.41 Å². The minimum atomic E-state index is -0.511. The number of hydrogen-bond acceptors (Lipinski definition) is 2. The van der Waals surface area contributed by atoms with Crippen molar-refractivity contribution in [1.29, 1.82) is 0 Å². The second-order valence-corrected chi connectivity index (χ2v) is 17.6. The Kier molecular flexibility index (Phi) is 9.11. The van der Waals surface area contributed by atoms with Crippen LogP contribution >= 0.6 is 0 Å². The molecule has 0 saturated heterocycles. The molecular weight excluding hydrogens is 809 g/mol. The summed E-state index contributed by atoms with van der Waals surface area (Å²) in [5.74, 6) is 0.706. The van der Waals surface area contributed by atoms with Crippen molar-refractivity contribution < 1.29 is 0 Å². The fraction of sp³-hybridized carbons (Fsp3) is 0.0154. The summed E-state index contributed by atoms with van der Waals surface area (Å²) >= 11 is 0. The highest BCUT2D eigenvalue weighted by Crippen LogP contribution is 2.58. The molecule has 1 aliphatic rings. The Hall–Kier alpha value is -8.72. The van der Waals surface area contributed by atoms with Gasteiger partial charge in [-0.2, -0.15) is 0 Å². The van der Waals surface area contributed by atoms with Crippen molar-refractivity contribution in [3.05, 3.63) is 277 Å². The summed E-state index contributed by atoms with van der Waals surface area (Å²) in [6.45, 7) is 0. The molecule has 0 saturated carbocycles. The molecule has 2 heteroatoms. The summed E-state index contributed by atoms with van der Waals surface area (Å²) in [7, 11) is 0. The maximum Gasteiger partial charge on any atom is 0.161 e. The number of nitrogens with zero attached hydrogens (tertiary/aromatic N) is 2. The summed E-state index contributed by atoms with van der Waals surface area (Å²) in [5.41, 5.74) is 16.9. The van der Waals surface area contributed by atoms with Crippen molar-refractivity contribution in [2.75, 3.05) is 0 Å². The van der Waals surface area contributed by atoms with Crippen LogP contribution in [0.4, 0.5) is 0 Å².